The summed E-state index contributed by atoms with van der Waals surface area (Å²) in [6.45, 7) is 4.17. The number of aromatic amines is 1. The van der Waals surface area contributed by atoms with Gasteiger partial charge in [-0.05, 0) is 18.1 Å². The molecule has 0 aliphatic heterocycles. The predicted octanol–water partition coefficient (Wildman–Crippen LogP) is 0.902. The monoisotopic (exact) mass is 252 g/mol. The van der Waals surface area contributed by atoms with Crippen LogP contribution in [0.15, 0.2) is 23.1 Å². The van der Waals surface area contributed by atoms with E-state index >= 15 is 0 Å². The Labute approximate surface area is 106 Å². The van der Waals surface area contributed by atoms with Gasteiger partial charge in [-0.3, -0.25) is 9.59 Å². The fourth-order valence-corrected chi connectivity index (χ4v) is 1.89. The van der Waals surface area contributed by atoms with Gasteiger partial charge in [0.2, 0.25) is 0 Å². The summed E-state index contributed by atoms with van der Waals surface area (Å²) in [7, 11) is 0. The van der Waals surface area contributed by atoms with E-state index in [9.17, 15) is 14.7 Å². The summed E-state index contributed by atoms with van der Waals surface area (Å²) in [5, 5.41) is 12.5. The number of hydrogen-bond donors (Lipinski definition) is 3. The molecule has 1 aromatic heterocycles. The maximum absolute atomic E-state index is 11.7. The van der Waals surface area contributed by atoms with Crippen molar-refractivity contribution < 1.29 is 9.90 Å². The second kappa shape index (κ2) is 6.96. The highest BCUT2D eigenvalue weighted by Crippen LogP contribution is 2.12. The quantitative estimate of drug-likeness (QED) is 0.703. The van der Waals surface area contributed by atoms with Crippen molar-refractivity contribution in [2.75, 3.05) is 6.54 Å². The molecule has 1 unspecified atom stereocenters. The number of aliphatic hydroxyl groups is 1. The maximum Gasteiger partial charge on any atom is 0.260 e. The van der Waals surface area contributed by atoms with Gasteiger partial charge < -0.3 is 15.4 Å². The third-order valence-corrected chi connectivity index (χ3v) is 3.13. The van der Waals surface area contributed by atoms with Crippen molar-refractivity contribution in [1.29, 1.82) is 0 Å². The number of pyridine rings is 1. The summed E-state index contributed by atoms with van der Waals surface area (Å²) >= 11 is 0. The van der Waals surface area contributed by atoms with E-state index in [0.717, 1.165) is 12.8 Å². The molecule has 1 atom stereocenters. The minimum absolute atomic E-state index is 0.0641. The van der Waals surface area contributed by atoms with Crippen LogP contribution in [0.5, 0.6) is 0 Å². The number of carbonyl (C=O) groups excluding carboxylic acids is 1. The second-order valence-electron chi connectivity index (χ2n) is 4.27. The summed E-state index contributed by atoms with van der Waals surface area (Å²) < 4.78 is 0. The molecule has 0 saturated heterocycles. The molecule has 18 heavy (non-hydrogen) atoms. The van der Waals surface area contributed by atoms with Crippen molar-refractivity contribution >= 4 is 5.91 Å². The van der Waals surface area contributed by atoms with E-state index in [0.29, 0.717) is 0 Å². The van der Waals surface area contributed by atoms with E-state index in [-0.39, 0.29) is 18.0 Å². The highest BCUT2D eigenvalue weighted by atomic mass is 16.3. The minimum Gasteiger partial charge on any atom is -0.391 e. The number of amides is 1. The first-order valence-corrected chi connectivity index (χ1v) is 6.24. The lowest BCUT2D eigenvalue weighted by Gasteiger charge is -2.20. The summed E-state index contributed by atoms with van der Waals surface area (Å²) in [4.78, 5) is 25.5. The molecule has 0 bridgehead atoms. The van der Waals surface area contributed by atoms with Crippen molar-refractivity contribution in [3.05, 3.63) is 34.2 Å². The van der Waals surface area contributed by atoms with Crippen LogP contribution in [0, 0.1) is 5.92 Å². The molecule has 5 heteroatoms. The Kier molecular flexibility index (Phi) is 5.58. The highest BCUT2D eigenvalue weighted by molar-refractivity contribution is 5.93. The smallest absolute Gasteiger partial charge is 0.260 e. The first kappa shape index (κ1) is 14.4. The van der Waals surface area contributed by atoms with Gasteiger partial charge in [0.1, 0.15) is 5.56 Å². The summed E-state index contributed by atoms with van der Waals surface area (Å²) in [6.07, 6.45) is 2.61. The fourth-order valence-electron chi connectivity index (χ4n) is 1.89. The van der Waals surface area contributed by atoms with Crippen LogP contribution in [0.2, 0.25) is 0 Å². The molecule has 100 valence electrons. The third kappa shape index (κ3) is 3.70. The molecule has 0 saturated carbocycles. The standard InChI is InChI=1S/C13H20N2O3/c1-3-9(4-2)11(16)8-15-13(18)10-6-5-7-14-12(10)17/h5-7,9,11,16H,3-4,8H2,1-2H3,(H,14,17)(H,15,18). The van der Waals surface area contributed by atoms with Gasteiger partial charge in [0.25, 0.3) is 11.5 Å². The van der Waals surface area contributed by atoms with Crippen LogP contribution < -0.4 is 10.9 Å². The van der Waals surface area contributed by atoms with Gasteiger partial charge >= 0.3 is 0 Å². The Hall–Kier alpha value is -1.62. The van der Waals surface area contributed by atoms with Gasteiger partial charge in [-0.2, -0.15) is 0 Å². The van der Waals surface area contributed by atoms with Crippen LogP contribution in [-0.2, 0) is 0 Å². The Morgan fingerprint density at radius 3 is 2.67 bits per heavy atom. The van der Waals surface area contributed by atoms with Crippen molar-refractivity contribution in [1.82, 2.24) is 10.3 Å². The minimum atomic E-state index is -0.577. The first-order chi connectivity index (χ1) is 8.60. The molecule has 0 fully saturated rings. The molecule has 0 radical (unpaired) electrons. The zero-order valence-electron chi connectivity index (χ0n) is 10.8. The summed E-state index contributed by atoms with van der Waals surface area (Å²) in [6, 6.07) is 3.05. The highest BCUT2D eigenvalue weighted by Gasteiger charge is 2.17. The predicted molar refractivity (Wildman–Crippen MR) is 69.5 cm³/mol. The van der Waals surface area contributed by atoms with Gasteiger partial charge in [0, 0.05) is 12.7 Å². The molecule has 1 rings (SSSR count). The number of rotatable bonds is 6. The number of carbonyl (C=O) groups is 1. The lowest BCUT2D eigenvalue weighted by Crippen LogP contribution is -2.38. The number of aliphatic hydroxyl groups excluding tert-OH is 1. The Morgan fingerprint density at radius 2 is 2.11 bits per heavy atom. The molecule has 1 amide bonds. The SMILES string of the molecule is CCC(CC)C(O)CNC(=O)c1ccc[nH]c1=O. The fraction of sp³-hybridized carbons (Fsp3) is 0.538. The molecular formula is C13H20N2O3. The van der Waals surface area contributed by atoms with Gasteiger partial charge in [-0.1, -0.05) is 26.7 Å². The van der Waals surface area contributed by atoms with E-state index in [1.54, 1.807) is 6.07 Å². The van der Waals surface area contributed by atoms with Crippen LogP contribution in [0.25, 0.3) is 0 Å². The zero-order chi connectivity index (χ0) is 13.5. The van der Waals surface area contributed by atoms with E-state index in [1.807, 2.05) is 13.8 Å². The number of aromatic nitrogens is 1. The summed E-state index contributed by atoms with van der Waals surface area (Å²) in [5.41, 5.74) is -0.360. The molecular weight excluding hydrogens is 232 g/mol. The largest absolute Gasteiger partial charge is 0.391 e. The first-order valence-electron chi connectivity index (χ1n) is 6.24. The molecule has 0 aliphatic carbocycles. The Balaban J connectivity index is 2.57. The molecule has 5 nitrogen and oxygen atoms in total. The topological polar surface area (TPSA) is 82.2 Å². The lowest BCUT2D eigenvalue weighted by molar-refractivity contribution is 0.0815. The van der Waals surface area contributed by atoms with Crippen LogP contribution in [-0.4, -0.2) is 28.6 Å². The van der Waals surface area contributed by atoms with E-state index in [1.165, 1.54) is 12.3 Å². The third-order valence-electron chi connectivity index (χ3n) is 3.13. The van der Waals surface area contributed by atoms with E-state index in [4.69, 9.17) is 0 Å². The van der Waals surface area contributed by atoms with Crippen LogP contribution in [0.4, 0.5) is 0 Å². The average molecular weight is 252 g/mol. The van der Waals surface area contributed by atoms with Crippen molar-refractivity contribution in [3.8, 4) is 0 Å². The van der Waals surface area contributed by atoms with Crippen LogP contribution in [0.1, 0.15) is 37.0 Å². The van der Waals surface area contributed by atoms with Crippen LogP contribution >= 0.6 is 0 Å². The number of hydrogen-bond acceptors (Lipinski definition) is 3. The lowest BCUT2D eigenvalue weighted by atomic mass is 9.96. The normalized spacial score (nSPS) is 12.4. The Bertz CT molecular complexity index is 438. The van der Waals surface area contributed by atoms with E-state index in [2.05, 4.69) is 10.3 Å². The maximum atomic E-state index is 11.7. The van der Waals surface area contributed by atoms with Gasteiger partial charge in [-0.15, -0.1) is 0 Å². The molecule has 1 aromatic rings. The van der Waals surface area contributed by atoms with Gasteiger partial charge in [0.05, 0.1) is 6.10 Å². The zero-order valence-corrected chi connectivity index (χ0v) is 10.8. The van der Waals surface area contributed by atoms with Gasteiger partial charge in [-0.25, -0.2) is 0 Å². The van der Waals surface area contributed by atoms with Crippen molar-refractivity contribution in [2.45, 2.75) is 32.8 Å². The average Bonchev–Trinajstić information content (AvgIpc) is 2.38. The van der Waals surface area contributed by atoms with Gasteiger partial charge in [0.15, 0.2) is 0 Å². The number of nitrogens with one attached hydrogen (secondary N) is 2. The van der Waals surface area contributed by atoms with Crippen molar-refractivity contribution in [2.24, 2.45) is 5.92 Å². The molecule has 0 aromatic carbocycles. The number of H-pyrrole nitrogens is 1. The van der Waals surface area contributed by atoms with Crippen LogP contribution in [0.3, 0.4) is 0 Å². The summed E-state index contributed by atoms with van der Waals surface area (Å²) in [5.74, 6) is -0.291. The molecule has 3 N–H and O–H groups in total. The van der Waals surface area contributed by atoms with E-state index < -0.39 is 17.6 Å². The molecule has 0 aliphatic rings. The second-order valence-corrected chi connectivity index (χ2v) is 4.27. The molecule has 1 heterocycles. The van der Waals surface area contributed by atoms with Crippen molar-refractivity contribution in [3.63, 3.8) is 0 Å². The Morgan fingerprint density at radius 1 is 1.44 bits per heavy atom. The molecule has 0 spiro atoms.